The van der Waals surface area contributed by atoms with E-state index in [1.54, 1.807) is 18.2 Å². The predicted octanol–water partition coefficient (Wildman–Crippen LogP) is 3.36. The Kier molecular flexibility index (Phi) is 4.38. The van der Waals surface area contributed by atoms with Gasteiger partial charge in [-0.2, -0.15) is 0 Å². The Morgan fingerprint density at radius 3 is 2.42 bits per heavy atom. The largest absolute Gasteiger partial charge is 0.423 e. The molecule has 1 atom stereocenters. The maximum absolute atomic E-state index is 12.2. The predicted molar refractivity (Wildman–Crippen MR) is 91.9 cm³/mol. The molecular formula is C20H21NO3. The molecule has 1 saturated heterocycles. The van der Waals surface area contributed by atoms with Gasteiger partial charge in [-0.3, -0.25) is 4.79 Å². The van der Waals surface area contributed by atoms with Crippen molar-refractivity contribution in [1.29, 1.82) is 0 Å². The van der Waals surface area contributed by atoms with E-state index in [1.807, 2.05) is 50.2 Å². The monoisotopic (exact) mass is 323 g/mol. The van der Waals surface area contributed by atoms with Crippen LogP contribution in [0.15, 0.2) is 54.6 Å². The first kappa shape index (κ1) is 16.2. The molecule has 0 radical (unpaired) electrons. The smallest absolute Gasteiger partial charge is 0.343 e. The number of β-lactam (4-membered cyclic amide) rings is 1. The first-order valence-electron chi connectivity index (χ1n) is 8.14. The Morgan fingerprint density at radius 1 is 1.08 bits per heavy atom. The second-order valence-corrected chi connectivity index (χ2v) is 6.65. The van der Waals surface area contributed by atoms with E-state index < -0.39 is 0 Å². The van der Waals surface area contributed by atoms with Crippen molar-refractivity contribution >= 4 is 11.9 Å². The second-order valence-electron chi connectivity index (χ2n) is 6.65. The molecule has 1 unspecified atom stereocenters. The zero-order valence-electron chi connectivity index (χ0n) is 13.9. The number of hydrogen-bond acceptors (Lipinski definition) is 3. The van der Waals surface area contributed by atoms with Gasteiger partial charge < -0.3 is 10.1 Å². The number of hydrogen-bond donors (Lipinski definition) is 1. The fraction of sp³-hybridized carbons (Fsp3) is 0.300. The average molecular weight is 323 g/mol. The van der Waals surface area contributed by atoms with E-state index in [4.69, 9.17) is 4.74 Å². The molecule has 1 fully saturated rings. The third-order valence-electron chi connectivity index (χ3n) is 4.65. The van der Waals surface area contributed by atoms with Crippen LogP contribution in [0.4, 0.5) is 0 Å². The zero-order valence-corrected chi connectivity index (χ0v) is 13.9. The van der Waals surface area contributed by atoms with Crippen molar-refractivity contribution in [3.05, 3.63) is 65.7 Å². The minimum Gasteiger partial charge on any atom is -0.423 e. The molecule has 124 valence electrons. The van der Waals surface area contributed by atoms with Crippen LogP contribution in [0.25, 0.3) is 0 Å². The maximum atomic E-state index is 12.2. The van der Waals surface area contributed by atoms with Crippen molar-refractivity contribution in [3.8, 4) is 5.75 Å². The van der Waals surface area contributed by atoms with Crippen molar-refractivity contribution in [1.82, 2.24) is 5.32 Å². The number of ether oxygens (including phenoxy) is 1. The number of benzene rings is 2. The van der Waals surface area contributed by atoms with E-state index in [2.05, 4.69) is 5.32 Å². The fourth-order valence-electron chi connectivity index (χ4n) is 2.88. The van der Waals surface area contributed by atoms with Gasteiger partial charge in [0.15, 0.2) is 0 Å². The van der Waals surface area contributed by atoms with Gasteiger partial charge in [-0.05, 0) is 50.5 Å². The molecule has 0 bridgehead atoms. The number of nitrogens with one attached hydrogen (secondary N) is 1. The topological polar surface area (TPSA) is 55.4 Å². The van der Waals surface area contributed by atoms with E-state index in [9.17, 15) is 9.59 Å². The molecule has 0 spiro atoms. The molecule has 1 amide bonds. The van der Waals surface area contributed by atoms with Crippen LogP contribution in [0.3, 0.4) is 0 Å². The van der Waals surface area contributed by atoms with Gasteiger partial charge in [0, 0.05) is 6.04 Å². The van der Waals surface area contributed by atoms with E-state index in [0.29, 0.717) is 11.3 Å². The first-order chi connectivity index (χ1) is 11.5. The lowest BCUT2D eigenvalue weighted by molar-refractivity contribution is -0.143. The highest BCUT2D eigenvalue weighted by Gasteiger charge is 2.46. The maximum Gasteiger partial charge on any atom is 0.343 e. The summed E-state index contributed by atoms with van der Waals surface area (Å²) < 4.78 is 5.56. The van der Waals surface area contributed by atoms with Gasteiger partial charge in [-0.15, -0.1) is 0 Å². The molecule has 1 aliphatic rings. The molecule has 0 aliphatic carbocycles. The summed E-state index contributed by atoms with van der Waals surface area (Å²) in [5.41, 5.74) is 1.17. The van der Waals surface area contributed by atoms with Crippen LogP contribution >= 0.6 is 0 Å². The number of amides is 1. The third-order valence-corrected chi connectivity index (χ3v) is 4.65. The zero-order chi connectivity index (χ0) is 17.2. The van der Waals surface area contributed by atoms with E-state index in [1.165, 1.54) is 0 Å². The van der Waals surface area contributed by atoms with Crippen molar-refractivity contribution in [3.63, 3.8) is 0 Å². The Labute approximate surface area is 141 Å². The molecule has 4 nitrogen and oxygen atoms in total. The number of esters is 1. The minimum absolute atomic E-state index is 0.0938. The molecule has 1 heterocycles. The lowest BCUT2D eigenvalue weighted by Gasteiger charge is -2.44. The van der Waals surface area contributed by atoms with Crippen LogP contribution in [0.5, 0.6) is 5.75 Å². The Hall–Kier alpha value is -2.62. The van der Waals surface area contributed by atoms with Crippen molar-refractivity contribution in [2.75, 3.05) is 0 Å². The molecular weight excluding hydrogens is 302 g/mol. The second kappa shape index (κ2) is 6.48. The number of rotatable bonds is 5. The summed E-state index contributed by atoms with van der Waals surface area (Å²) in [7, 11) is 0. The van der Waals surface area contributed by atoms with Crippen molar-refractivity contribution < 1.29 is 14.3 Å². The van der Waals surface area contributed by atoms with E-state index in [0.717, 1.165) is 18.4 Å². The van der Waals surface area contributed by atoms with Crippen LogP contribution in [0, 0.1) is 5.41 Å². The minimum atomic E-state index is -0.361. The molecule has 1 N–H and O–H groups in total. The van der Waals surface area contributed by atoms with Crippen molar-refractivity contribution in [2.24, 2.45) is 5.41 Å². The molecule has 2 aromatic carbocycles. The Bertz CT molecular complexity index is 752. The molecule has 24 heavy (non-hydrogen) atoms. The summed E-state index contributed by atoms with van der Waals surface area (Å²) in [5, 5.41) is 2.94. The van der Waals surface area contributed by atoms with Gasteiger partial charge in [0.05, 0.1) is 11.0 Å². The summed E-state index contributed by atoms with van der Waals surface area (Å²) in [6.45, 7) is 3.91. The van der Waals surface area contributed by atoms with Gasteiger partial charge in [-0.1, -0.05) is 36.4 Å². The van der Waals surface area contributed by atoms with Crippen LogP contribution in [0.1, 0.15) is 36.2 Å². The van der Waals surface area contributed by atoms with Gasteiger partial charge >= 0.3 is 5.97 Å². The average Bonchev–Trinajstić information content (AvgIpc) is 2.60. The molecule has 2 aromatic rings. The van der Waals surface area contributed by atoms with Gasteiger partial charge in [0.1, 0.15) is 5.75 Å². The van der Waals surface area contributed by atoms with Crippen LogP contribution in [0.2, 0.25) is 0 Å². The normalized spacial score (nSPS) is 18.4. The number of para-hydroxylation sites is 1. The highest BCUT2D eigenvalue weighted by Crippen LogP contribution is 2.33. The highest BCUT2D eigenvalue weighted by molar-refractivity contribution is 5.91. The molecule has 0 aromatic heterocycles. The Morgan fingerprint density at radius 2 is 1.75 bits per heavy atom. The Balaban J connectivity index is 1.67. The summed E-state index contributed by atoms with van der Waals surface area (Å²) in [6.07, 6.45) is 1.56. The molecule has 0 saturated carbocycles. The standard InChI is InChI=1S/C20H21NO3/c1-20(2)17(21-19(20)23)13-12-14-8-6-7-11-16(14)24-18(22)15-9-4-3-5-10-15/h3-11,17H,12-13H2,1-2H3,(H,21,23). The highest BCUT2D eigenvalue weighted by atomic mass is 16.5. The summed E-state index contributed by atoms with van der Waals surface area (Å²) in [5.74, 6) is 0.312. The lowest BCUT2D eigenvalue weighted by Crippen LogP contribution is -2.64. The fourth-order valence-corrected chi connectivity index (χ4v) is 2.88. The summed E-state index contributed by atoms with van der Waals surface area (Å²) in [6, 6.07) is 16.7. The first-order valence-corrected chi connectivity index (χ1v) is 8.14. The number of carbonyl (C=O) groups is 2. The molecule has 1 aliphatic heterocycles. The number of aryl methyl sites for hydroxylation is 1. The summed E-state index contributed by atoms with van der Waals surface area (Å²) >= 11 is 0. The van der Waals surface area contributed by atoms with Gasteiger partial charge in [0.2, 0.25) is 5.91 Å². The van der Waals surface area contributed by atoms with Gasteiger partial charge in [0.25, 0.3) is 0 Å². The number of carbonyl (C=O) groups excluding carboxylic acids is 2. The third kappa shape index (κ3) is 3.18. The van der Waals surface area contributed by atoms with Crippen LogP contribution in [-0.2, 0) is 11.2 Å². The summed E-state index contributed by atoms with van der Waals surface area (Å²) in [4.78, 5) is 23.8. The lowest BCUT2D eigenvalue weighted by atomic mass is 9.74. The van der Waals surface area contributed by atoms with E-state index >= 15 is 0 Å². The van der Waals surface area contributed by atoms with E-state index in [-0.39, 0.29) is 23.3 Å². The quantitative estimate of drug-likeness (QED) is 0.521. The molecule has 3 rings (SSSR count). The van der Waals surface area contributed by atoms with Crippen LogP contribution in [-0.4, -0.2) is 17.9 Å². The van der Waals surface area contributed by atoms with Crippen LogP contribution < -0.4 is 10.1 Å². The SMILES string of the molecule is CC1(C)C(=O)NC1CCc1ccccc1OC(=O)c1ccccc1. The molecule has 4 heteroatoms. The van der Waals surface area contributed by atoms with Crippen molar-refractivity contribution in [2.45, 2.75) is 32.7 Å². The van der Waals surface area contributed by atoms with Gasteiger partial charge in [-0.25, -0.2) is 4.79 Å².